The van der Waals surface area contributed by atoms with E-state index in [-0.39, 0.29) is 5.78 Å². The molecule has 0 spiro atoms. The van der Waals surface area contributed by atoms with Crippen LogP contribution in [0.4, 0.5) is 5.69 Å². The van der Waals surface area contributed by atoms with E-state index < -0.39 is 0 Å². The van der Waals surface area contributed by atoms with Crippen LogP contribution in [0.2, 0.25) is 0 Å². The zero-order valence-electron chi connectivity index (χ0n) is 13.6. The molecule has 5 nitrogen and oxygen atoms in total. The maximum atomic E-state index is 12.0. The predicted molar refractivity (Wildman–Crippen MR) is 94.8 cm³/mol. The second kappa shape index (κ2) is 6.79. The van der Waals surface area contributed by atoms with Crippen LogP contribution in [-0.2, 0) is 4.79 Å². The van der Waals surface area contributed by atoms with Crippen molar-refractivity contribution in [2.24, 2.45) is 5.10 Å². The minimum absolute atomic E-state index is 0.0118. The molecule has 1 aliphatic heterocycles. The minimum Gasteiger partial charge on any atom is -0.350 e. The molecule has 1 saturated heterocycles. The maximum absolute atomic E-state index is 12.0. The Labute approximate surface area is 136 Å². The zero-order chi connectivity index (χ0) is 16.2. The van der Waals surface area contributed by atoms with Gasteiger partial charge < -0.3 is 9.80 Å². The van der Waals surface area contributed by atoms with Crippen molar-refractivity contribution >= 4 is 28.1 Å². The van der Waals surface area contributed by atoms with Crippen molar-refractivity contribution in [1.82, 2.24) is 9.80 Å². The highest BCUT2D eigenvalue weighted by Crippen LogP contribution is 2.23. The smallest absolute Gasteiger partial charge is 0.196 e. The van der Waals surface area contributed by atoms with E-state index >= 15 is 0 Å². The molecule has 3 rings (SSSR count). The monoisotopic (exact) mass is 310 g/mol. The first kappa shape index (κ1) is 15.5. The van der Waals surface area contributed by atoms with Gasteiger partial charge >= 0.3 is 0 Å². The number of carbonyl (C=O) groups excluding carboxylic acids is 1. The standard InChI is InChI=1S/C18H22N4O/c1-14(23)18(22-12-10-21(2)11-13-22)20-19-17-9-5-7-15-6-3-4-8-16(15)17/h3-9,19H,10-13H2,1-2H3/b20-18+. The summed E-state index contributed by atoms with van der Waals surface area (Å²) in [7, 11) is 2.09. The molecular weight excluding hydrogens is 288 g/mol. The number of rotatable bonds is 3. The lowest BCUT2D eigenvalue weighted by Gasteiger charge is -2.33. The van der Waals surface area contributed by atoms with E-state index in [2.05, 4.69) is 45.6 Å². The molecule has 120 valence electrons. The Morgan fingerprint density at radius 2 is 1.74 bits per heavy atom. The van der Waals surface area contributed by atoms with Gasteiger partial charge in [0.25, 0.3) is 0 Å². The van der Waals surface area contributed by atoms with Crippen LogP contribution < -0.4 is 5.43 Å². The van der Waals surface area contributed by atoms with E-state index in [0.29, 0.717) is 5.84 Å². The molecule has 23 heavy (non-hydrogen) atoms. The topological polar surface area (TPSA) is 47.9 Å². The van der Waals surface area contributed by atoms with Crippen molar-refractivity contribution in [3.05, 3.63) is 42.5 Å². The number of anilines is 1. The van der Waals surface area contributed by atoms with Crippen molar-refractivity contribution in [2.45, 2.75) is 6.92 Å². The number of fused-ring (bicyclic) bond motifs is 1. The highest BCUT2D eigenvalue weighted by molar-refractivity contribution is 6.38. The molecule has 0 saturated carbocycles. The van der Waals surface area contributed by atoms with Crippen molar-refractivity contribution in [3.63, 3.8) is 0 Å². The lowest BCUT2D eigenvalue weighted by Crippen LogP contribution is -2.49. The SMILES string of the molecule is CC(=O)/C(=N\Nc1cccc2ccccc12)N1CCN(C)CC1. The molecule has 1 aliphatic rings. The molecule has 0 bridgehead atoms. The Morgan fingerprint density at radius 3 is 2.48 bits per heavy atom. The molecule has 0 amide bonds. The Balaban J connectivity index is 1.84. The summed E-state index contributed by atoms with van der Waals surface area (Å²) in [6.07, 6.45) is 0. The van der Waals surface area contributed by atoms with Gasteiger partial charge in [0.1, 0.15) is 0 Å². The molecule has 0 unspecified atom stereocenters. The molecule has 2 aromatic rings. The number of likely N-dealkylation sites (N-methyl/N-ethyl adjacent to an activating group) is 1. The first-order valence-electron chi connectivity index (χ1n) is 7.91. The second-order valence-corrected chi connectivity index (χ2v) is 5.92. The average Bonchev–Trinajstić information content (AvgIpc) is 2.56. The van der Waals surface area contributed by atoms with Crippen molar-refractivity contribution in [3.8, 4) is 0 Å². The van der Waals surface area contributed by atoms with E-state index in [1.807, 2.05) is 24.3 Å². The quantitative estimate of drug-likeness (QED) is 0.537. The van der Waals surface area contributed by atoms with Gasteiger partial charge in [0.2, 0.25) is 0 Å². The Bertz CT molecular complexity index is 727. The van der Waals surface area contributed by atoms with Crippen LogP contribution in [0.25, 0.3) is 10.8 Å². The molecule has 2 aromatic carbocycles. The van der Waals surface area contributed by atoms with Crippen LogP contribution in [0.15, 0.2) is 47.6 Å². The van der Waals surface area contributed by atoms with E-state index in [4.69, 9.17) is 0 Å². The number of benzene rings is 2. The van der Waals surface area contributed by atoms with Gasteiger partial charge in [-0.3, -0.25) is 10.2 Å². The fourth-order valence-corrected chi connectivity index (χ4v) is 2.83. The van der Waals surface area contributed by atoms with Gasteiger partial charge in [-0.1, -0.05) is 36.4 Å². The van der Waals surface area contributed by atoms with Gasteiger partial charge in [-0.05, 0) is 18.5 Å². The van der Waals surface area contributed by atoms with Crippen LogP contribution in [-0.4, -0.2) is 54.6 Å². The van der Waals surface area contributed by atoms with Gasteiger partial charge in [0, 0.05) is 38.5 Å². The average molecular weight is 310 g/mol. The lowest BCUT2D eigenvalue weighted by atomic mass is 10.1. The lowest BCUT2D eigenvalue weighted by molar-refractivity contribution is -0.111. The first-order valence-corrected chi connectivity index (χ1v) is 7.91. The van der Waals surface area contributed by atoms with E-state index in [1.54, 1.807) is 6.92 Å². The summed E-state index contributed by atoms with van der Waals surface area (Å²) in [5.41, 5.74) is 4.00. The summed E-state index contributed by atoms with van der Waals surface area (Å²) in [5.74, 6) is 0.494. The predicted octanol–water partition coefficient (Wildman–Crippen LogP) is 2.40. The molecule has 1 N–H and O–H groups in total. The number of Topliss-reactive ketones (excluding diaryl/α,β-unsaturated/α-hetero) is 1. The van der Waals surface area contributed by atoms with Crippen molar-refractivity contribution in [1.29, 1.82) is 0 Å². The van der Waals surface area contributed by atoms with Gasteiger partial charge in [-0.25, -0.2) is 0 Å². The normalized spacial score (nSPS) is 16.6. The third-order valence-electron chi connectivity index (χ3n) is 4.19. The van der Waals surface area contributed by atoms with Gasteiger partial charge in [0.05, 0.1) is 5.69 Å². The number of carbonyl (C=O) groups is 1. The van der Waals surface area contributed by atoms with Crippen molar-refractivity contribution < 1.29 is 4.79 Å². The number of piperazine rings is 1. The molecule has 0 radical (unpaired) electrons. The number of nitrogens with zero attached hydrogens (tertiary/aromatic N) is 3. The summed E-state index contributed by atoms with van der Waals surface area (Å²) in [5, 5.41) is 6.66. The second-order valence-electron chi connectivity index (χ2n) is 5.92. The number of ketones is 1. The van der Waals surface area contributed by atoms with Gasteiger partial charge in [-0.15, -0.1) is 0 Å². The minimum atomic E-state index is -0.0118. The molecule has 1 fully saturated rings. The number of nitrogens with one attached hydrogen (secondary N) is 1. The molecule has 5 heteroatoms. The Kier molecular flexibility index (Phi) is 4.57. The third-order valence-corrected chi connectivity index (χ3v) is 4.19. The number of hydrogen-bond donors (Lipinski definition) is 1. The third kappa shape index (κ3) is 3.51. The molecule has 0 aromatic heterocycles. The summed E-state index contributed by atoms with van der Waals surface area (Å²) >= 11 is 0. The number of amidine groups is 1. The molecule has 0 aliphatic carbocycles. The van der Waals surface area contributed by atoms with Crippen LogP contribution in [0.3, 0.4) is 0 Å². The molecule has 0 atom stereocenters. The van der Waals surface area contributed by atoms with E-state index in [1.165, 1.54) is 0 Å². The van der Waals surface area contributed by atoms with Gasteiger partial charge in [-0.2, -0.15) is 5.10 Å². The van der Waals surface area contributed by atoms with Crippen molar-refractivity contribution in [2.75, 3.05) is 38.7 Å². The van der Waals surface area contributed by atoms with Gasteiger partial charge in [0.15, 0.2) is 11.6 Å². The fourth-order valence-electron chi connectivity index (χ4n) is 2.83. The Morgan fingerprint density at radius 1 is 1.04 bits per heavy atom. The van der Waals surface area contributed by atoms with Crippen LogP contribution >= 0.6 is 0 Å². The highest BCUT2D eigenvalue weighted by Gasteiger charge is 2.20. The largest absolute Gasteiger partial charge is 0.350 e. The maximum Gasteiger partial charge on any atom is 0.196 e. The number of hydrazone groups is 1. The summed E-state index contributed by atoms with van der Waals surface area (Å²) in [4.78, 5) is 16.3. The van der Waals surface area contributed by atoms with Crippen LogP contribution in [0.5, 0.6) is 0 Å². The van der Waals surface area contributed by atoms with E-state index in [9.17, 15) is 4.79 Å². The molecular formula is C18H22N4O. The Hall–Kier alpha value is -2.40. The van der Waals surface area contributed by atoms with Crippen LogP contribution in [0, 0.1) is 0 Å². The first-order chi connectivity index (χ1) is 11.1. The van der Waals surface area contributed by atoms with Crippen LogP contribution in [0.1, 0.15) is 6.92 Å². The summed E-state index contributed by atoms with van der Waals surface area (Å²) < 4.78 is 0. The van der Waals surface area contributed by atoms with E-state index in [0.717, 1.165) is 42.6 Å². The molecule has 1 heterocycles. The number of hydrogen-bond acceptors (Lipinski definition) is 4. The fraction of sp³-hybridized carbons (Fsp3) is 0.333. The summed E-state index contributed by atoms with van der Waals surface area (Å²) in [6.45, 7) is 5.11. The highest BCUT2D eigenvalue weighted by atomic mass is 16.1. The summed E-state index contributed by atoms with van der Waals surface area (Å²) in [6, 6.07) is 14.2. The zero-order valence-corrected chi connectivity index (χ0v) is 13.6.